The first-order valence-electron chi connectivity index (χ1n) is 11.9. The van der Waals surface area contributed by atoms with E-state index in [2.05, 4.69) is 21.7 Å². The maximum absolute atomic E-state index is 13.3. The van der Waals surface area contributed by atoms with Gasteiger partial charge in [0, 0.05) is 39.0 Å². The van der Waals surface area contributed by atoms with Crippen LogP contribution in [0.15, 0.2) is 29.3 Å². The number of fused-ring (bicyclic) bond motifs is 2. The van der Waals surface area contributed by atoms with Gasteiger partial charge < -0.3 is 15.5 Å². The van der Waals surface area contributed by atoms with E-state index in [0.29, 0.717) is 18.4 Å². The van der Waals surface area contributed by atoms with Crippen LogP contribution in [-0.4, -0.2) is 77.3 Å². The molecule has 3 heterocycles. The van der Waals surface area contributed by atoms with E-state index in [1.807, 2.05) is 0 Å². The Morgan fingerprint density at radius 3 is 2.41 bits per heavy atom. The number of amides is 4. The SMILES string of the molecule is CN(C)C(=O)C(=O)NC12CCC(CC#N)(CC1)CN1C(=O)C(=O)C(C(=O)NCc3ccc(F)cc3)N=C12. The number of likely N-dealkylation sites (N-methyl/N-ethyl adjacent to an activating group) is 1. The van der Waals surface area contributed by atoms with E-state index in [-0.39, 0.29) is 38.2 Å². The Morgan fingerprint density at radius 1 is 1.16 bits per heavy atom. The quantitative estimate of drug-likeness (QED) is 0.422. The van der Waals surface area contributed by atoms with Crippen molar-refractivity contribution in [2.45, 2.75) is 50.2 Å². The highest BCUT2D eigenvalue weighted by atomic mass is 19.1. The van der Waals surface area contributed by atoms with Gasteiger partial charge in [-0.15, -0.1) is 0 Å². The molecule has 4 amide bonds. The largest absolute Gasteiger partial charge is 0.350 e. The molecule has 1 unspecified atom stereocenters. The van der Waals surface area contributed by atoms with Crippen molar-refractivity contribution in [3.8, 4) is 6.07 Å². The fourth-order valence-electron chi connectivity index (χ4n) is 5.17. The molecule has 0 radical (unpaired) electrons. The molecule has 1 aromatic rings. The smallest absolute Gasteiger partial charge is 0.311 e. The minimum atomic E-state index is -1.68. The van der Waals surface area contributed by atoms with Crippen LogP contribution in [0, 0.1) is 22.6 Å². The van der Waals surface area contributed by atoms with E-state index in [1.165, 1.54) is 43.3 Å². The molecule has 1 saturated carbocycles. The van der Waals surface area contributed by atoms with Crippen molar-refractivity contribution >= 4 is 35.2 Å². The van der Waals surface area contributed by atoms with Crippen molar-refractivity contribution in [3.05, 3.63) is 35.6 Å². The second kappa shape index (κ2) is 9.72. The van der Waals surface area contributed by atoms with Crippen molar-refractivity contribution in [1.29, 1.82) is 5.26 Å². The standard InChI is InChI=1S/C25H27FN6O5/c1-31(2)22(37)20(35)30-25-9-7-24(8-10-25,11-12-27)14-32-21(36)18(33)17(29-23(25)32)19(34)28-13-15-3-5-16(26)6-4-15/h3-6,17H,7-11,13-14H2,1-2H3,(H,28,34)(H,30,35). The number of carbonyl (C=O) groups is 5. The van der Waals surface area contributed by atoms with Crippen LogP contribution in [0.4, 0.5) is 4.39 Å². The first-order chi connectivity index (χ1) is 17.5. The zero-order chi connectivity index (χ0) is 27.0. The molecular formula is C25H27FN6O5. The van der Waals surface area contributed by atoms with Gasteiger partial charge in [-0.25, -0.2) is 9.38 Å². The minimum absolute atomic E-state index is 0.0177. The lowest BCUT2D eigenvalue weighted by atomic mass is 9.67. The fraction of sp³-hybridized carbons (Fsp3) is 0.480. The predicted molar refractivity (Wildman–Crippen MR) is 127 cm³/mol. The number of aliphatic imine (C=N–C) groups is 1. The van der Waals surface area contributed by atoms with E-state index in [9.17, 15) is 33.6 Å². The highest BCUT2D eigenvalue weighted by Gasteiger charge is 2.57. The number of hydrogen-bond donors (Lipinski definition) is 2. The lowest BCUT2D eigenvalue weighted by Crippen LogP contribution is -2.65. The summed E-state index contributed by atoms with van der Waals surface area (Å²) in [5, 5.41) is 14.7. The average Bonchev–Trinajstić information content (AvgIpc) is 3.08. The number of benzene rings is 1. The van der Waals surface area contributed by atoms with Crippen LogP contribution in [0.3, 0.4) is 0 Å². The van der Waals surface area contributed by atoms with Gasteiger partial charge in [0.15, 0.2) is 6.04 Å². The maximum Gasteiger partial charge on any atom is 0.311 e. The van der Waals surface area contributed by atoms with E-state index < -0.39 is 52.2 Å². The van der Waals surface area contributed by atoms with Gasteiger partial charge >= 0.3 is 11.8 Å². The first-order valence-corrected chi connectivity index (χ1v) is 11.9. The third-order valence-corrected chi connectivity index (χ3v) is 7.33. The molecule has 3 aliphatic heterocycles. The van der Waals surface area contributed by atoms with Gasteiger partial charge in [0.05, 0.1) is 11.6 Å². The molecule has 12 heteroatoms. The zero-order valence-corrected chi connectivity index (χ0v) is 20.5. The normalized spacial score (nSPS) is 26.4. The van der Waals surface area contributed by atoms with Crippen molar-refractivity contribution < 1.29 is 28.4 Å². The summed E-state index contributed by atoms with van der Waals surface area (Å²) in [4.78, 5) is 71.0. The van der Waals surface area contributed by atoms with Crippen LogP contribution in [0.5, 0.6) is 0 Å². The molecule has 3 fully saturated rings. The summed E-state index contributed by atoms with van der Waals surface area (Å²) in [6.07, 6.45) is 1.61. The number of hydrogen-bond acceptors (Lipinski definition) is 7. The lowest BCUT2D eigenvalue weighted by molar-refractivity contribution is -0.146. The Morgan fingerprint density at radius 2 is 1.81 bits per heavy atom. The maximum atomic E-state index is 13.3. The monoisotopic (exact) mass is 510 g/mol. The number of halogens is 1. The molecule has 1 aliphatic carbocycles. The molecular weight excluding hydrogens is 483 g/mol. The summed E-state index contributed by atoms with van der Waals surface area (Å²) >= 11 is 0. The van der Waals surface area contributed by atoms with Crippen LogP contribution < -0.4 is 10.6 Å². The van der Waals surface area contributed by atoms with Gasteiger partial charge in [0.2, 0.25) is 0 Å². The van der Waals surface area contributed by atoms with E-state index >= 15 is 0 Å². The highest BCUT2D eigenvalue weighted by molar-refractivity contribution is 6.46. The molecule has 4 aliphatic rings. The van der Waals surface area contributed by atoms with E-state index in [1.54, 1.807) is 0 Å². The Hall–Kier alpha value is -4.14. The Balaban J connectivity index is 1.69. The van der Waals surface area contributed by atoms with Crippen LogP contribution in [0.2, 0.25) is 0 Å². The molecule has 11 nitrogen and oxygen atoms in total. The average molecular weight is 511 g/mol. The lowest BCUT2D eigenvalue weighted by Gasteiger charge is -2.42. The summed E-state index contributed by atoms with van der Waals surface area (Å²) < 4.78 is 13.2. The topological polar surface area (TPSA) is 152 Å². The minimum Gasteiger partial charge on any atom is -0.350 e. The van der Waals surface area contributed by atoms with Gasteiger partial charge in [-0.05, 0) is 43.4 Å². The molecule has 1 aromatic carbocycles. The van der Waals surface area contributed by atoms with Crippen molar-refractivity contribution in [2.24, 2.45) is 10.4 Å². The second-order valence-electron chi connectivity index (χ2n) is 10.0. The first kappa shape index (κ1) is 25.9. The number of carbonyl (C=O) groups excluding carboxylic acids is 5. The second-order valence-corrected chi connectivity index (χ2v) is 10.0. The third-order valence-electron chi connectivity index (χ3n) is 7.33. The van der Waals surface area contributed by atoms with Gasteiger partial charge in [-0.2, -0.15) is 5.26 Å². The molecule has 5 rings (SSSR count). The summed E-state index contributed by atoms with van der Waals surface area (Å²) in [6, 6.07) is 5.89. The number of amidine groups is 1. The Bertz CT molecular complexity index is 1230. The number of ketones is 1. The van der Waals surface area contributed by atoms with E-state index in [4.69, 9.17) is 0 Å². The number of nitriles is 1. The van der Waals surface area contributed by atoms with Crippen molar-refractivity contribution in [2.75, 3.05) is 20.6 Å². The number of nitrogens with zero attached hydrogens (tertiary/aromatic N) is 4. The van der Waals surface area contributed by atoms with Crippen LogP contribution in [0.1, 0.15) is 37.7 Å². The summed E-state index contributed by atoms with van der Waals surface area (Å²) in [6.45, 7) is 0.0310. The molecule has 194 valence electrons. The van der Waals surface area contributed by atoms with Gasteiger partial charge in [-0.1, -0.05) is 12.1 Å². The molecule has 1 atom stereocenters. The number of Topliss-reactive ketones (excluding diaryl/α,β-unsaturated/α-hetero) is 1. The molecule has 2 saturated heterocycles. The molecule has 37 heavy (non-hydrogen) atoms. The molecule has 2 N–H and O–H groups in total. The van der Waals surface area contributed by atoms with Gasteiger partial charge in [0.25, 0.3) is 17.6 Å². The molecule has 0 spiro atoms. The predicted octanol–water partition coefficient (Wildman–Crippen LogP) is 0.0512. The Kier molecular flexibility index (Phi) is 6.82. The zero-order valence-electron chi connectivity index (χ0n) is 20.5. The van der Waals surface area contributed by atoms with Gasteiger partial charge in [-0.3, -0.25) is 28.9 Å². The van der Waals surface area contributed by atoms with Crippen LogP contribution in [-0.2, 0) is 30.5 Å². The summed E-state index contributed by atoms with van der Waals surface area (Å²) in [5.74, 6) is -4.87. The molecule has 2 bridgehead atoms. The highest BCUT2D eigenvalue weighted by Crippen LogP contribution is 2.49. The van der Waals surface area contributed by atoms with Crippen LogP contribution >= 0.6 is 0 Å². The molecule has 0 aromatic heterocycles. The summed E-state index contributed by atoms with van der Waals surface area (Å²) in [5.41, 5.74) is -1.28. The van der Waals surface area contributed by atoms with Crippen molar-refractivity contribution in [3.63, 3.8) is 0 Å². The number of nitrogens with one attached hydrogen (secondary N) is 2. The fourth-order valence-corrected chi connectivity index (χ4v) is 5.17. The van der Waals surface area contributed by atoms with Crippen molar-refractivity contribution in [1.82, 2.24) is 20.4 Å². The summed E-state index contributed by atoms with van der Waals surface area (Å²) in [7, 11) is 2.86. The number of rotatable bonds is 5. The Labute approximate surface area is 212 Å². The third kappa shape index (κ3) is 4.81. The van der Waals surface area contributed by atoms with Crippen LogP contribution in [0.25, 0.3) is 0 Å². The van der Waals surface area contributed by atoms with E-state index in [0.717, 1.165) is 4.90 Å². The van der Waals surface area contributed by atoms with Gasteiger partial charge in [0.1, 0.15) is 11.7 Å².